The van der Waals surface area contributed by atoms with E-state index in [1.165, 1.54) is 16.9 Å². The highest BCUT2D eigenvalue weighted by atomic mass is 79.9. The van der Waals surface area contributed by atoms with E-state index in [2.05, 4.69) is 34.1 Å². The zero-order chi connectivity index (χ0) is 25.7. The Morgan fingerprint density at radius 3 is 2.65 bits per heavy atom. The van der Waals surface area contributed by atoms with Crippen LogP contribution in [0.15, 0.2) is 80.5 Å². The number of allylic oxidation sites excluding steroid dienone is 1. The molecule has 186 valence electrons. The van der Waals surface area contributed by atoms with Crippen molar-refractivity contribution in [2.24, 2.45) is 4.99 Å². The van der Waals surface area contributed by atoms with Crippen LogP contribution in [0.4, 0.5) is 0 Å². The first-order valence-corrected chi connectivity index (χ1v) is 13.4. The average Bonchev–Trinajstić information content (AvgIpc) is 3.23. The number of ether oxygens (including phenoxy) is 2. The van der Waals surface area contributed by atoms with E-state index < -0.39 is 0 Å². The molecule has 3 aromatic carbocycles. The van der Waals surface area contributed by atoms with E-state index in [1.54, 1.807) is 37.0 Å². The number of hydrogen-bond donors (Lipinski definition) is 1. The van der Waals surface area contributed by atoms with Gasteiger partial charge in [0.2, 0.25) is 0 Å². The molecule has 1 aliphatic carbocycles. The van der Waals surface area contributed by atoms with Crippen LogP contribution in [0.25, 0.3) is 11.8 Å². The van der Waals surface area contributed by atoms with Gasteiger partial charge in [-0.25, -0.2) is 4.99 Å². The van der Waals surface area contributed by atoms with Gasteiger partial charge in [0.05, 0.1) is 35.0 Å². The molecule has 2 heterocycles. The highest BCUT2D eigenvalue weighted by Gasteiger charge is 2.33. The normalized spacial score (nSPS) is 16.5. The topological polar surface area (TPSA) is 73.0 Å². The molecule has 1 aromatic heterocycles. The van der Waals surface area contributed by atoms with Crippen LogP contribution in [0.2, 0.25) is 0 Å². The predicted molar refractivity (Wildman–Crippen MR) is 148 cm³/mol. The molecular formula is C29H23BrN2O4S. The van der Waals surface area contributed by atoms with Crippen molar-refractivity contribution in [3.05, 3.63) is 113 Å². The van der Waals surface area contributed by atoms with Crippen LogP contribution in [0.1, 0.15) is 34.7 Å². The lowest BCUT2D eigenvalue weighted by atomic mass is 9.83. The van der Waals surface area contributed by atoms with Crippen molar-refractivity contribution in [1.82, 2.24) is 4.57 Å². The Morgan fingerprint density at radius 1 is 1.05 bits per heavy atom. The summed E-state index contributed by atoms with van der Waals surface area (Å²) in [6.45, 7) is 0. The van der Waals surface area contributed by atoms with E-state index in [1.807, 2.05) is 30.3 Å². The first kappa shape index (κ1) is 23.8. The Morgan fingerprint density at radius 2 is 1.86 bits per heavy atom. The van der Waals surface area contributed by atoms with Gasteiger partial charge in [-0.1, -0.05) is 47.7 Å². The molecule has 1 unspecified atom stereocenters. The maximum atomic E-state index is 13.9. The number of rotatable bonds is 4. The number of fused-ring (bicyclic) bond motifs is 3. The molecule has 6 nitrogen and oxygen atoms in total. The van der Waals surface area contributed by atoms with Crippen molar-refractivity contribution < 1.29 is 14.6 Å². The number of hydrogen-bond acceptors (Lipinski definition) is 6. The van der Waals surface area contributed by atoms with Gasteiger partial charge in [-0.2, -0.15) is 0 Å². The molecule has 0 fully saturated rings. The van der Waals surface area contributed by atoms with E-state index in [9.17, 15) is 9.90 Å². The van der Waals surface area contributed by atoms with Gasteiger partial charge in [0.25, 0.3) is 5.56 Å². The minimum atomic E-state index is -0.312. The highest BCUT2D eigenvalue weighted by Crippen LogP contribution is 2.42. The maximum absolute atomic E-state index is 13.9. The van der Waals surface area contributed by atoms with Crippen molar-refractivity contribution in [2.45, 2.75) is 18.9 Å². The molecule has 0 radical (unpaired) electrons. The summed E-state index contributed by atoms with van der Waals surface area (Å²) in [6.07, 6.45) is 3.54. The summed E-state index contributed by atoms with van der Waals surface area (Å²) in [6, 6.07) is 19.1. The molecule has 4 aromatic rings. The first-order chi connectivity index (χ1) is 18.0. The summed E-state index contributed by atoms with van der Waals surface area (Å²) in [5.41, 5.74) is 6.11. The number of aryl methyl sites for hydroxylation is 1. The third-order valence-corrected chi connectivity index (χ3v) is 8.48. The summed E-state index contributed by atoms with van der Waals surface area (Å²) >= 11 is 4.73. The molecule has 6 rings (SSSR count). The second-order valence-corrected chi connectivity index (χ2v) is 10.8. The summed E-state index contributed by atoms with van der Waals surface area (Å²) in [5.74, 6) is 1.41. The minimum absolute atomic E-state index is 0.0989. The standard InChI is InChI=1S/C29H23BrN2O4S/c1-35-23-12-9-18(15-24(23)36-2)27-20-10-8-17-5-3-4-6-19(17)26(20)31-29-32(27)28(34)25(37-29)14-16-7-11-22(33)21(30)13-16/h3-7,9,11-15,27,33H,8,10H2,1-2H3. The van der Waals surface area contributed by atoms with Crippen LogP contribution in [-0.4, -0.2) is 23.9 Å². The van der Waals surface area contributed by atoms with Crippen LogP contribution in [0, 0.1) is 0 Å². The monoisotopic (exact) mass is 574 g/mol. The molecule has 1 N–H and O–H groups in total. The third-order valence-electron chi connectivity index (χ3n) is 6.87. The summed E-state index contributed by atoms with van der Waals surface area (Å²) in [7, 11) is 3.23. The van der Waals surface area contributed by atoms with Crippen molar-refractivity contribution in [2.75, 3.05) is 14.2 Å². The molecule has 0 saturated carbocycles. The van der Waals surface area contributed by atoms with Gasteiger partial charge in [0.15, 0.2) is 16.3 Å². The Bertz CT molecular complexity index is 1770. The van der Waals surface area contributed by atoms with Crippen LogP contribution < -0.4 is 24.4 Å². The van der Waals surface area contributed by atoms with Gasteiger partial charge in [-0.05, 0) is 81.4 Å². The Labute approximate surface area is 225 Å². The number of thiazole rings is 1. The van der Waals surface area contributed by atoms with E-state index in [-0.39, 0.29) is 17.4 Å². The molecule has 0 spiro atoms. The zero-order valence-electron chi connectivity index (χ0n) is 20.2. The van der Waals surface area contributed by atoms with Crippen LogP contribution in [0.3, 0.4) is 0 Å². The largest absolute Gasteiger partial charge is 0.507 e. The average molecular weight is 575 g/mol. The van der Waals surface area contributed by atoms with E-state index >= 15 is 0 Å². The van der Waals surface area contributed by atoms with Crippen molar-refractivity contribution in [3.8, 4) is 17.2 Å². The second-order valence-electron chi connectivity index (χ2n) is 8.94. The predicted octanol–water partition coefficient (Wildman–Crippen LogP) is 4.80. The second kappa shape index (κ2) is 9.36. The number of nitrogens with zero attached hydrogens (tertiary/aromatic N) is 2. The number of phenols is 1. The lowest BCUT2D eigenvalue weighted by molar-refractivity contribution is 0.354. The molecule has 0 bridgehead atoms. The lowest BCUT2D eigenvalue weighted by Crippen LogP contribution is -2.38. The molecule has 1 aliphatic heterocycles. The van der Waals surface area contributed by atoms with E-state index in [0.29, 0.717) is 25.3 Å². The van der Waals surface area contributed by atoms with Gasteiger partial charge in [0.1, 0.15) is 5.75 Å². The van der Waals surface area contributed by atoms with Gasteiger partial charge < -0.3 is 14.6 Å². The highest BCUT2D eigenvalue weighted by molar-refractivity contribution is 9.10. The Hall–Kier alpha value is -3.62. The molecule has 0 amide bonds. The van der Waals surface area contributed by atoms with Gasteiger partial charge in [-0.3, -0.25) is 9.36 Å². The molecule has 2 aliphatic rings. The van der Waals surface area contributed by atoms with Crippen LogP contribution in [-0.2, 0) is 6.42 Å². The summed E-state index contributed by atoms with van der Waals surface area (Å²) < 4.78 is 14.0. The fraction of sp³-hybridized carbons (Fsp3) is 0.172. The molecule has 8 heteroatoms. The molecular weight excluding hydrogens is 552 g/mol. The van der Waals surface area contributed by atoms with E-state index in [4.69, 9.17) is 14.5 Å². The lowest BCUT2D eigenvalue weighted by Gasteiger charge is -2.31. The zero-order valence-corrected chi connectivity index (χ0v) is 22.6. The smallest absolute Gasteiger partial charge is 0.271 e. The van der Waals surface area contributed by atoms with E-state index in [0.717, 1.165) is 40.8 Å². The number of aromatic nitrogens is 1. The maximum Gasteiger partial charge on any atom is 0.271 e. The number of phenolic OH excluding ortho intramolecular Hbond substituents is 1. The number of aromatic hydroxyl groups is 1. The fourth-order valence-corrected chi connectivity index (χ4v) is 6.51. The van der Waals surface area contributed by atoms with Gasteiger partial charge in [0, 0.05) is 5.56 Å². The first-order valence-electron chi connectivity index (χ1n) is 11.8. The molecule has 37 heavy (non-hydrogen) atoms. The summed E-state index contributed by atoms with van der Waals surface area (Å²) in [4.78, 5) is 19.6. The van der Waals surface area contributed by atoms with Crippen LogP contribution in [0.5, 0.6) is 17.2 Å². The minimum Gasteiger partial charge on any atom is -0.507 e. The number of benzene rings is 3. The quantitative estimate of drug-likeness (QED) is 0.380. The van der Waals surface area contributed by atoms with Gasteiger partial charge >= 0.3 is 0 Å². The summed E-state index contributed by atoms with van der Waals surface area (Å²) in [5, 5.41) is 9.87. The van der Waals surface area contributed by atoms with Crippen molar-refractivity contribution >= 4 is 39.0 Å². The Kier molecular flexibility index (Phi) is 6.01. The van der Waals surface area contributed by atoms with Crippen molar-refractivity contribution in [3.63, 3.8) is 0 Å². The molecule has 1 atom stereocenters. The van der Waals surface area contributed by atoms with Gasteiger partial charge in [-0.15, -0.1) is 0 Å². The molecule has 0 saturated heterocycles. The number of halogens is 1. The SMILES string of the molecule is COc1ccc(C2C3=C(N=c4sc(=Cc5ccc(O)c(Br)c5)c(=O)n42)c2ccccc2CC3)cc1OC. The Balaban J connectivity index is 1.62. The van der Waals surface area contributed by atoms with Crippen molar-refractivity contribution in [1.29, 1.82) is 0 Å². The van der Waals surface area contributed by atoms with Crippen LogP contribution >= 0.6 is 27.3 Å². The third kappa shape index (κ3) is 4.01. The fourth-order valence-electron chi connectivity index (χ4n) is 5.11. The number of methoxy groups -OCH3 is 2.